The Labute approximate surface area is 118 Å². The molecule has 6 nitrogen and oxygen atoms in total. The van der Waals surface area contributed by atoms with Crippen LogP contribution in [0.25, 0.3) is 0 Å². The summed E-state index contributed by atoms with van der Waals surface area (Å²) in [5, 5.41) is 9.09. The summed E-state index contributed by atoms with van der Waals surface area (Å²) in [6.45, 7) is 0.757. The predicted molar refractivity (Wildman–Crippen MR) is 65.9 cm³/mol. The molecule has 0 aliphatic carbocycles. The summed E-state index contributed by atoms with van der Waals surface area (Å²) in [4.78, 5) is 21.8. The van der Waals surface area contributed by atoms with Crippen LogP contribution < -0.4 is 4.90 Å². The maximum atomic E-state index is 12.5. The van der Waals surface area contributed by atoms with Crippen molar-refractivity contribution < 1.29 is 23.1 Å². The van der Waals surface area contributed by atoms with Crippen LogP contribution in [-0.4, -0.2) is 51.2 Å². The van der Waals surface area contributed by atoms with Gasteiger partial charge in [-0.1, -0.05) is 0 Å². The van der Waals surface area contributed by atoms with E-state index in [1.54, 1.807) is 4.90 Å². The van der Waals surface area contributed by atoms with Gasteiger partial charge in [0.2, 0.25) is 5.95 Å². The Hall–Kier alpha value is -2.06. The standard InChI is InChI=1S/C12H13F3N4O2/c13-12(14,15)7-3-16-10(17-4-7)18-5-9-2-1-8(18)6-19(9)11(20)21/h3-4,8-9H,1-2,5-6H2,(H,20,21). The Balaban J connectivity index is 1.79. The first kappa shape index (κ1) is 13.9. The van der Waals surface area contributed by atoms with Crippen molar-refractivity contribution in [2.24, 2.45) is 0 Å². The number of amides is 1. The van der Waals surface area contributed by atoms with Gasteiger partial charge in [-0.3, -0.25) is 0 Å². The van der Waals surface area contributed by atoms with Gasteiger partial charge in [0, 0.05) is 31.5 Å². The van der Waals surface area contributed by atoms with Gasteiger partial charge in [0.05, 0.1) is 11.6 Å². The Morgan fingerprint density at radius 1 is 1.19 bits per heavy atom. The van der Waals surface area contributed by atoms with Gasteiger partial charge in [0.1, 0.15) is 0 Å². The van der Waals surface area contributed by atoms with E-state index in [9.17, 15) is 18.0 Å². The molecule has 1 aromatic rings. The summed E-state index contributed by atoms with van der Waals surface area (Å²) >= 11 is 0. The van der Waals surface area contributed by atoms with Crippen LogP contribution in [0.4, 0.5) is 23.9 Å². The van der Waals surface area contributed by atoms with Crippen LogP contribution in [0.2, 0.25) is 0 Å². The van der Waals surface area contributed by atoms with Crippen molar-refractivity contribution in [3.05, 3.63) is 18.0 Å². The third kappa shape index (κ3) is 2.47. The van der Waals surface area contributed by atoms with Gasteiger partial charge < -0.3 is 14.9 Å². The highest BCUT2D eigenvalue weighted by atomic mass is 19.4. The van der Waals surface area contributed by atoms with E-state index < -0.39 is 17.8 Å². The second kappa shape index (κ2) is 4.74. The van der Waals surface area contributed by atoms with E-state index in [4.69, 9.17) is 5.11 Å². The van der Waals surface area contributed by atoms with E-state index >= 15 is 0 Å². The molecule has 3 fully saturated rings. The largest absolute Gasteiger partial charge is 0.465 e. The second-order valence-electron chi connectivity index (χ2n) is 5.24. The van der Waals surface area contributed by atoms with E-state index in [2.05, 4.69) is 9.97 Å². The molecule has 1 aromatic heterocycles. The molecular weight excluding hydrogens is 289 g/mol. The van der Waals surface area contributed by atoms with Crippen LogP contribution in [0.5, 0.6) is 0 Å². The number of hydrogen-bond donors (Lipinski definition) is 1. The highest BCUT2D eigenvalue weighted by Crippen LogP contribution is 2.32. The van der Waals surface area contributed by atoms with Crippen molar-refractivity contribution >= 4 is 12.0 Å². The molecule has 0 spiro atoms. The average molecular weight is 302 g/mol. The lowest BCUT2D eigenvalue weighted by Crippen LogP contribution is -2.64. The number of halogens is 3. The SMILES string of the molecule is O=C(O)N1CC2CCC1CN2c1ncc(C(F)(F)F)cn1. The first-order valence-corrected chi connectivity index (χ1v) is 6.51. The van der Waals surface area contributed by atoms with Crippen LogP contribution in [0.15, 0.2) is 12.4 Å². The third-order valence-corrected chi connectivity index (χ3v) is 4.00. The number of rotatable bonds is 1. The fourth-order valence-electron chi connectivity index (χ4n) is 2.92. The summed E-state index contributed by atoms with van der Waals surface area (Å²) in [5.41, 5.74) is -0.888. The maximum absolute atomic E-state index is 12.5. The Morgan fingerprint density at radius 3 is 2.29 bits per heavy atom. The average Bonchev–Trinajstić information content (AvgIpc) is 2.46. The van der Waals surface area contributed by atoms with Crippen LogP contribution in [0.3, 0.4) is 0 Å². The van der Waals surface area contributed by atoms with Crippen molar-refractivity contribution in [2.75, 3.05) is 18.0 Å². The third-order valence-electron chi connectivity index (χ3n) is 4.00. The number of alkyl halides is 3. The first-order valence-electron chi connectivity index (χ1n) is 6.51. The van der Waals surface area contributed by atoms with Crippen LogP contribution in [0, 0.1) is 0 Å². The normalized spacial score (nSPS) is 25.3. The predicted octanol–water partition coefficient (Wildman–Crippen LogP) is 1.83. The molecule has 9 heteroatoms. The highest BCUT2D eigenvalue weighted by Gasteiger charge is 2.42. The summed E-state index contributed by atoms with van der Waals surface area (Å²) in [6.07, 6.45) is -2.34. The molecule has 0 radical (unpaired) electrons. The molecule has 114 valence electrons. The van der Waals surface area contributed by atoms with Crippen molar-refractivity contribution in [1.29, 1.82) is 0 Å². The zero-order chi connectivity index (χ0) is 15.2. The quantitative estimate of drug-likeness (QED) is 0.857. The minimum absolute atomic E-state index is 0.0807. The number of piperidine rings is 2. The summed E-state index contributed by atoms with van der Waals surface area (Å²) in [7, 11) is 0. The van der Waals surface area contributed by atoms with Crippen molar-refractivity contribution in [3.8, 4) is 0 Å². The highest BCUT2D eigenvalue weighted by molar-refractivity contribution is 5.66. The summed E-state index contributed by atoms with van der Waals surface area (Å²) in [5.74, 6) is 0.225. The van der Waals surface area contributed by atoms with Crippen LogP contribution in [0.1, 0.15) is 18.4 Å². The van der Waals surface area contributed by atoms with E-state index in [1.807, 2.05) is 0 Å². The number of hydrogen-bond acceptors (Lipinski definition) is 4. The first-order chi connectivity index (χ1) is 9.86. The van der Waals surface area contributed by atoms with Gasteiger partial charge in [-0.05, 0) is 12.8 Å². The van der Waals surface area contributed by atoms with E-state index in [1.165, 1.54) is 4.90 Å². The van der Waals surface area contributed by atoms with E-state index in [0.717, 1.165) is 25.2 Å². The molecule has 4 heterocycles. The number of piperazine rings is 1. The molecule has 3 saturated heterocycles. The van der Waals surface area contributed by atoms with Crippen LogP contribution in [-0.2, 0) is 6.18 Å². The zero-order valence-electron chi connectivity index (χ0n) is 10.9. The second-order valence-corrected chi connectivity index (χ2v) is 5.24. The van der Waals surface area contributed by atoms with Gasteiger partial charge in [-0.25, -0.2) is 14.8 Å². The van der Waals surface area contributed by atoms with Crippen molar-refractivity contribution in [3.63, 3.8) is 0 Å². The molecular formula is C12H13F3N4O2. The molecule has 2 bridgehead atoms. The molecule has 1 N–H and O–H groups in total. The molecule has 2 unspecified atom stereocenters. The van der Waals surface area contributed by atoms with Crippen molar-refractivity contribution in [2.45, 2.75) is 31.1 Å². The van der Waals surface area contributed by atoms with Crippen LogP contribution >= 0.6 is 0 Å². The number of fused-ring (bicyclic) bond motifs is 3. The Morgan fingerprint density at radius 2 is 1.81 bits per heavy atom. The molecule has 4 rings (SSSR count). The smallest absolute Gasteiger partial charge is 0.419 e. The molecule has 0 aromatic carbocycles. The van der Waals surface area contributed by atoms with Crippen molar-refractivity contribution in [1.82, 2.24) is 14.9 Å². The molecule has 0 saturated carbocycles. The minimum Gasteiger partial charge on any atom is -0.465 e. The van der Waals surface area contributed by atoms with Gasteiger partial charge >= 0.3 is 12.3 Å². The van der Waals surface area contributed by atoms with E-state index in [-0.39, 0.29) is 18.0 Å². The fraction of sp³-hybridized carbons (Fsp3) is 0.583. The van der Waals surface area contributed by atoms with Gasteiger partial charge in [0.25, 0.3) is 0 Å². The summed E-state index contributed by atoms with van der Waals surface area (Å²) < 4.78 is 37.5. The Kier molecular flexibility index (Phi) is 3.14. The maximum Gasteiger partial charge on any atom is 0.419 e. The van der Waals surface area contributed by atoms with E-state index in [0.29, 0.717) is 13.1 Å². The fourth-order valence-corrected chi connectivity index (χ4v) is 2.92. The lowest BCUT2D eigenvalue weighted by molar-refractivity contribution is -0.138. The molecule has 2 atom stereocenters. The van der Waals surface area contributed by atoms with Gasteiger partial charge in [-0.15, -0.1) is 0 Å². The lowest BCUT2D eigenvalue weighted by Gasteiger charge is -2.50. The minimum atomic E-state index is -4.46. The zero-order valence-corrected chi connectivity index (χ0v) is 10.9. The number of aromatic nitrogens is 2. The molecule has 3 aliphatic rings. The van der Waals surface area contributed by atoms with Gasteiger partial charge in [-0.2, -0.15) is 13.2 Å². The number of nitrogens with zero attached hydrogens (tertiary/aromatic N) is 4. The monoisotopic (exact) mass is 302 g/mol. The Bertz CT molecular complexity index is 548. The molecule has 3 aliphatic heterocycles. The van der Waals surface area contributed by atoms with Gasteiger partial charge in [0.15, 0.2) is 0 Å². The molecule has 1 amide bonds. The molecule has 21 heavy (non-hydrogen) atoms. The number of carboxylic acid groups (broad SMARTS) is 1. The lowest BCUT2D eigenvalue weighted by atomic mass is 9.91. The number of anilines is 1. The summed E-state index contributed by atoms with van der Waals surface area (Å²) in [6, 6.07) is -0.235. The number of carbonyl (C=O) groups is 1. The topological polar surface area (TPSA) is 69.6 Å².